The second-order valence-corrected chi connectivity index (χ2v) is 6.73. The fourth-order valence-corrected chi connectivity index (χ4v) is 3.06. The summed E-state index contributed by atoms with van der Waals surface area (Å²) in [5, 5.41) is 12.8. The first-order valence-corrected chi connectivity index (χ1v) is 8.88. The molecule has 2 rings (SSSR count). The van der Waals surface area contributed by atoms with Crippen molar-refractivity contribution >= 4 is 39.7 Å². The normalized spacial score (nSPS) is 12.3. The number of esters is 1. The van der Waals surface area contributed by atoms with Gasteiger partial charge in [-0.15, -0.1) is 0 Å². The number of ether oxygens (including phenoxy) is 1. The third-order valence-electron chi connectivity index (χ3n) is 3.66. The number of benzene rings is 1. The number of non-ortho nitro benzene ring substituents is 1. The number of amides is 1. The highest BCUT2D eigenvalue weighted by atomic mass is 32.1. The molecule has 0 aliphatic heterocycles. The van der Waals surface area contributed by atoms with Crippen LogP contribution in [0.25, 0.3) is 0 Å². The molecule has 1 heterocycles. The summed E-state index contributed by atoms with van der Waals surface area (Å²) in [5.41, 5.74) is 3.03. The van der Waals surface area contributed by atoms with Crippen LogP contribution in [0.4, 0.5) is 29.7 Å². The third-order valence-corrected chi connectivity index (χ3v) is 4.57. The topological polar surface area (TPSA) is 137 Å². The fourth-order valence-electron chi connectivity index (χ4n) is 2.26. The summed E-state index contributed by atoms with van der Waals surface area (Å²) in [6.07, 6.45) is -6.02. The Morgan fingerprint density at radius 2 is 2.07 bits per heavy atom. The summed E-state index contributed by atoms with van der Waals surface area (Å²) in [5.74, 6) is -1.94. The van der Waals surface area contributed by atoms with E-state index >= 15 is 0 Å². The molecule has 0 aliphatic rings. The Balaban J connectivity index is 2.19. The minimum atomic E-state index is -4.95. The fraction of sp³-hybridized carbons (Fsp3) is 0.312. The number of aryl methyl sites for hydroxylation is 1. The van der Waals surface area contributed by atoms with E-state index in [0.29, 0.717) is 18.2 Å². The average Bonchev–Trinajstić information content (AvgIpc) is 3.01. The van der Waals surface area contributed by atoms with E-state index in [9.17, 15) is 32.9 Å². The van der Waals surface area contributed by atoms with Crippen molar-refractivity contribution in [2.24, 2.45) is 0 Å². The van der Waals surface area contributed by atoms with Crippen molar-refractivity contribution in [1.82, 2.24) is 4.98 Å². The minimum absolute atomic E-state index is 0.0935. The molecular weight excluding hydrogens is 417 g/mol. The second-order valence-electron chi connectivity index (χ2n) is 5.70. The van der Waals surface area contributed by atoms with Crippen LogP contribution in [-0.4, -0.2) is 27.9 Å². The SMILES string of the molecule is CCc1nc(N)sc1C(=O)OC(C)C(=O)Nc1ccc([N+](=O)[O-])cc1C(F)(F)F. The van der Waals surface area contributed by atoms with Gasteiger partial charge in [-0.1, -0.05) is 18.3 Å². The lowest BCUT2D eigenvalue weighted by Crippen LogP contribution is -2.30. The summed E-state index contributed by atoms with van der Waals surface area (Å²) < 4.78 is 44.5. The highest BCUT2D eigenvalue weighted by Gasteiger charge is 2.36. The Morgan fingerprint density at radius 1 is 1.41 bits per heavy atom. The van der Waals surface area contributed by atoms with Crippen LogP contribution in [0, 0.1) is 10.1 Å². The zero-order chi connectivity index (χ0) is 21.9. The number of halogens is 3. The van der Waals surface area contributed by atoms with Gasteiger partial charge in [-0.3, -0.25) is 14.9 Å². The Hall–Kier alpha value is -3.22. The first-order chi connectivity index (χ1) is 13.4. The molecule has 0 spiro atoms. The number of rotatable bonds is 6. The Morgan fingerprint density at radius 3 is 2.62 bits per heavy atom. The quantitative estimate of drug-likeness (QED) is 0.405. The van der Waals surface area contributed by atoms with Gasteiger partial charge in [0, 0.05) is 12.1 Å². The van der Waals surface area contributed by atoms with Gasteiger partial charge in [-0.2, -0.15) is 13.2 Å². The first-order valence-electron chi connectivity index (χ1n) is 8.06. The molecule has 0 fully saturated rings. The standard InChI is InChI=1S/C16H15F3N4O5S/c1-3-10-12(29-15(20)22-10)14(25)28-7(2)13(24)21-11-5-4-8(23(26)27)6-9(11)16(17,18)19/h4-7H,3H2,1-2H3,(H2,20,22)(H,21,24). The van der Waals surface area contributed by atoms with E-state index in [-0.39, 0.29) is 10.0 Å². The van der Waals surface area contributed by atoms with Crippen LogP contribution in [0.5, 0.6) is 0 Å². The minimum Gasteiger partial charge on any atom is -0.448 e. The van der Waals surface area contributed by atoms with Crippen LogP contribution in [0.15, 0.2) is 18.2 Å². The summed E-state index contributed by atoms with van der Waals surface area (Å²) in [6.45, 7) is 2.90. The predicted molar refractivity (Wildman–Crippen MR) is 97.5 cm³/mol. The van der Waals surface area contributed by atoms with E-state index in [1.165, 1.54) is 6.92 Å². The van der Waals surface area contributed by atoms with Crippen molar-refractivity contribution < 1.29 is 32.4 Å². The molecule has 3 N–H and O–H groups in total. The lowest BCUT2D eigenvalue weighted by atomic mass is 10.1. The number of thiazole rings is 1. The number of hydrogen-bond acceptors (Lipinski definition) is 8. The molecule has 156 valence electrons. The molecule has 1 aromatic carbocycles. The number of nitrogens with zero attached hydrogens (tertiary/aromatic N) is 2. The maximum Gasteiger partial charge on any atom is 0.418 e. The van der Waals surface area contributed by atoms with Gasteiger partial charge in [0.05, 0.1) is 21.9 Å². The van der Waals surface area contributed by atoms with Gasteiger partial charge in [0.1, 0.15) is 4.88 Å². The number of nitrogens with two attached hydrogens (primary N) is 1. The van der Waals surface area contributed by atoms with Crippen molar-refractivity contribution in [2.45, 2.75) is 32.5 Å². The molecule has 0 saturated heterocycles. The lowest BCUT2D eigenvalue weighted by Gasteiger charge is -2.16. The lowest BCUT2D eigenvalue weighted by molar-refractivity contribution is -0.385. The number of nitrogen functional groups attached to an aromatic ring is 1. The van der Waals surface area contributed by atoms with Crippen LogP contribution in [0.2, 0.25) is 0 Å². The van der Waals surface area contributed by atoms with E-state index < -0.39 is 46.0 Å². The number of alkyl halides is 3. The summed E-state index contributed by atoms with van der Waals surface area (Å²) >= 11 is 0.863. The third kappa shape index (κ3) is 5.19. The summed E-state index contributed by atoms with van der Waals surface area (Å²) in [4.78, 5) is 38.2. The first kappa shape index (κ1) is 22.1. The van der Waals surface area contributed by atoms with Crippen LogP contribution in [-0.2, 0) is 22.1 Å². The van der Waals surface area contributed by atoms with Crippen molar-refractivity contribution in [3.63, 3.8) is 0 Å². The van der Waals surface area contributed by atoms with Gasteiger partial charge >= 0.3 is 12.1 Å². The number of nitro benzene ring substituents is 1. The van der Waals surface area contributed by atoms with E-state index in [1.807, 2.05) is 5.32 Å². The van der Waals surface area contributed by atoms with Gasteiger partial charge < -0.3 is 15.8 Å². The molecule has 1 aromatic heterocycles. The Labute approximate surface area is 165 Å². The van der Waals surface area contributed by atoms with Crippen molar-refractivity contribution in [3.8, 4) is 0 Å². The maximum atomic E-state index is 13.2. The number of nitro groups is 1. The van der Waals surface area contributed by atoms with Crippen LogP contribution >= 0.6 is 11.3 Å². The maximum absolute atomic E-state index is 13.2. The number of anilines is 2. The number of carbonyl (C=O) groups excluding carboxylic acids is 2. The molecule has 1 atom stereocenters. The van der Waals surface area contributed by atoms with Crippen LogP contribution in [0.3, 0.4) is 0 Å². The molecule has 0 bridgehead atoms. The highest BCUT2D eigenvalue weighted by molar-refractivity contribution is 7.17. The molecule has 0 radical (unpaired) electrons. The second kappa shape index (κ2) is 8.43. The molecule has 0 saturated carbocycles. The number of carbonyl (C=O) groups is 2. The molecular formula is C16H15F3N4O5S. The van der Waals surface area contributed by atoms with Gasteiger partial charge in [-0.05, 0) is 19.4 Å². The van der Waals surface area contributed by atoms with Gasteiger partial charge in [0.25, 0.3) is 11.6 Å². The monoisotopic (exact) mass is 432 g/mol. The highest BCUT2D eigenvalue weighted by Crippen LogP contribution is 2.37. The zero-order valence-corrected chi connectivity index (χ0v) is 15.9. The molecule has 1 amide bonds. The molecule has 1 unspecified atom stereocenters. The molecule has 2 aromatic rings. The van der Waals surface area contributed by atoms with Crippen molar-refractivity contribution in [1.29, 1.82) is 0 Å². The number of nitrogens with one attached hydrogen (secondary N) is 1. The van der Waals surface area contributed by atoms with Crippen LogP contribution < -0.4 is 11.1 Å². The number of aromatic nitrogens is 1. The van der Waals surface area contributed by atoms with Crippen LogP contribution in [0.1, 0.15) is 34.8 Å². The summed E-state index contributed by atoms with van der Waals surface area (Å²) in [6, 6.07) is 1.88. The smallest absolute Gasteiger partial charge is 0.418 e. The Bertz CT molecular complexity index is 961. The van der Waals surface area contributed by atoms with Crippen molar-refractivity contribution in [2.75, 3.05) is 11.1 Å². The van der Waals surface area contributed by atoms with E-state index in [1.54, 1.807) is 6.92 Å². The van der Waals surface area contributed by atoms with Gasteiger partial charge in [0.15, 0.2) is 11.2 Å². The van der Waals surface area contributed by atoms with E-state index in [4.69, 9.17) is 10.5 Å². The molecule has 9 nitrogen and oxygen atoms in total. The van der Waals surface area contributed by atoms with Crippen molar-refractivity contribution in [3.05, 3.63) is 44.4 Å². The molecule has 0 aliphatic carbocycles. The van der Waals surface area contributed by atoms with Gasteiger partial charge in [-0.25, -0.2) is 9.78 Å². The largest absolute Gasteiger partial charge is 0.448 e. The molecule has 29 heavy (non-hydrogen) atoms. The Kier molecular flexibility index (Phi) is 6.41. The zero-order valence-electron chi connectivity index (χ0n) is 15.1. The summed E-state index contributed by atoms with van der Waals surface area (Å²) in [7, 11) is 0. The van der Waals surface area contributed by atoms with E-state index in [0.717, 1.165) is 23.5 Å². The average molecular weight is 432 g/mol. The molecule has 13 heteroatoms. The van der Waals surface area contributed by atoms with Gasteiger partial charge in [0.2, 0.25) is 0 Å². The number of hydrogen-bond donors (Lipinski definition) is 2. The predicted octanol–water partition coefficient (Wildman–Crippen LogP) is 3.40. The van der Waals surface area contributed by atoms with E-state index in [2.05, 4.69) is 4.98 Å².